The highest BCUT2D eigenvalue weighted by Gasteiger charge is 2.40. The van der Waals surface area contributed by atoms with Gasteiger partial charge in [-0.2, -0.15) is 0 Å². The summed E-state index contributed by atoms with van der Waals surface area (Å²) in [5.74, 6) is 3.04. The van der Waals surface area contributed by atoms with Crippen molar-refractivity contribution in [3.8, 4) is 11.5 Å². The third kappa shape index (κ3) is 15.0. The molecule has 0 saturated carbocycles. The number of unbranched alkanes of at least 4 members (excludes halogenated alkanes) is 8. The standard InChI is InChI=1S/C56H98N2O3/c1-11-19-29-47(30-20-12-2)49-41-45(9)53-51(43-49)55-60-54-46(10)42-50(44-52(54)56(59-53)61-55)48(31-27-39-57(33-21-13-3,34-22-14-4)35-23-15-5)32-28-40-58(36-24-16-6,37-25-17-7)38-26-18-8/h41-44,47-48,55-56H,11-40H2,1-10H3/q+2. The molecule has 5 heteroatoms. The van der Waals surface area contributed by atoms with Crippen molar-refractivity contribution in [2.24, 2.45) is 0 Å². The zero-order valence-electron chi connectivity index (χ0n) is 42.0. The second-order valence-corrected chi connectivity index (χ2v) is 20.1. The Balaban J connectivity index is 1.66. The molecule has 2 atom stereocenters. The first kappa shape index (κ1) is 51.6. The van der Waals surface area contributed by atoms with E-state index in [-0.39, 0.29) is 0 Å². The van der Waals surface area contributed by atoms with Crippen LogP contribution in [-0.2, 0) is 4.74 Å². The maximum Gasteiger partial charge on any atom is 0.233 e. The van der Waals surface area contributed by atoms with Crippen molar-refractivity contribution in [2.75, 3.05) is 52.4 Å². The zero-order chi connectivity index (χ0) is 44.1. The van der Waals surface area contributed by atoms with Gasteiger partial charge in [0.05, 0.1) is 63.5 Å². The number of nitrogens with zero attached hydrogens (tertiary/aromatic N) is 2. The van der Waals surface area contributed by atoms with Crippen LogP contribution in [0.5, 0.6) is 11.5 Å². The molecule has 2 bridgehead atoms. The van der Waals surface area contributed by atoms with Gasteiger partial charge in [0.1, 0.15) is 11.5 Å². The molecule has 4 rings (SSSR count). The highest BCUT2D eigenvalue weighted by Crippen LogP contribution is 2.51. The lowest BCUT2D eigenvalue weighted by Crippen LogP contribution is -2.51. The SMILES string of the molecule is CCCCC(CCCC)c1cc(C)c2c(c1)C1Oc3c(C)cc(C(CCC[N+](CCCC)(CCCC)CCCC)CCC[N+](CCCC)(CCCC)CCCC)cc3C(O2)O1. The minimum absolute atomic E-state index is 0.432. The van der Waals surface area contributed by atoms with Crippen molar-refractivity contribution in [3.05, 3.63) is 57.6 Å². The lowest BCUT2D eigenvalue weighted by molar-refractivity contribution is -0.929. The molecule has 0 N–H and O–H groups in total. The highest BCUT2D eigenvalue weighted by atomic mass is 16.8. The van der Waals surface area contributed by atoms with Crippen LogP contribution in [0, 0.1) is 13.8 Å². The fourth-order valence-electron chi connectivity index (χ4n) is 11.0. The molecule has 2 aromatic rings. The predicted octanol–water partition coefficient (Wildman–Crippen LogP) is 16.3. The van der Waals surface area contributed by atoms with E-state index in [1.807, 2.05) is 0 Å². The van der Waals surface area contributed by atoms with Crippen LogP contribution < -0.4 is 9.47 Å². The van der Waals surface area contributed by atoms with E-state index in [1.54, 1.807) is 0 Å². The van der Waals surface area contributed by atoms with E-state index >= 15 is 0 Å². The molecule has 5 nitrogen and oxygen atoms in total. The lowest BCUT2D eigenvalue weighted by atomic mass is 9.86. The predicted molar refractivity (Wildman–Crippen MR) is 262 cm³/mol. The molecule has 0 radical (unpaired) electrons. The van der Waals surface area contributed by atoms with Gasteiger partial charge < -0.3 is 18.4 Å². The van der Waals surface area contributed by atoms with Crippen LogP contribution in [0.25, 0.3) is 0 Å². The second-order valence-electron chi connectivity index (χ2n) is 20.1. The molecular weight excluding hydrogens is 749 g/mol. The van der Waals surface area contributed by atoms with Gasteiger partial charge in [0.25, 0.3) is 0 Å². The summed E-state index contributed by atoms with van der Waals surface area (Å²) in [5, 5.41) is 0. The summed E-state index contributed by atoms with van der Waals surface area (Å²) in [5.41, 5.74) is 7.51. The molecule has 2 heterocycles. The molecule has 0 aromatic heterocycles. The van der Waals surface area contributed by atoms with Gasteiger partial charge in [-0.15, -0.1) is 0 Å². The van der Waals surface area contributed by atoms with Gasteiger partial charge in [-0.3, -0.25) is 4.74 Å². The van der Waals surface area contributed by atoms with Crippen LogP contribution in [0.2, 0.25) is 0 Å². The molecule has 0 amide bonds. The maximum absolute atomic E-state index is 6.92. The third-order valence-corrected chi connectivity index (χ3v) is 14.9. The first-order chi connectivity index (χ1) is 29.7. The average Bonchev–Trinajstić information content (AvgIpc) is 3.27. The molecule has 61 heavy (non-hydrogen) atoms. The number of fused-ring (bicyclic) bond motifs is 6. The van der Waals surface area contributed by atoms with Crippen molar-refractivity contribution in [1.82, 2.24) is 0 Å². The Morgan fingerprint density at radius 3 is 0.967 bits per heavy atom. The third-order valence-electron chi connectivity index (χ3n) is 14.9. The highest BCUT2D eigenvalue weighted by molar-refractivity contribution is 5.52. The Kier molecular flexibility index (Phi) is 23.1. The maximum atomic E-state index is 6.92. The van der Waals surface area contributed by atoms with Gasteiger partial charge in [-0.25, -0.2) is 0 Å². The van der Waals surface area contributed by atoms with Gasteiger partial charge >= 0.3 is 0 Å². The topological polar surface area (TPSA) is 27.7 Å². The number of quaternary nitrogens is 2. The Morgan fingerprint density at radius 1 is 0.393 bits per heavy atom. The van der Waals surface area contributed by atoms with Crippen LogP contribution in [0.1, 0.15) is 254 Å². The van der Waals surface area contributed by atoms with E-state index in [9.17, 15) is 0 Å². The summed E-state index contributed by atoms with van der Waals surface area (Å²) in [6.07, 6.45) is 27.5. The van der Waals surface area contributed by atoms with Crippen molar-refractivity contribution in [3.63, 3.8) is 0 Å². The van der Waals surface area contributed by atoms with Gasteiger partial charge in [0, 0.05) is 0 Å². The van der Waals surface area contributed by atoms with E-state index in [0.717, 1.165) is 22.6 Å². The number of rotatable bonds is 34. The van der Waals surface area contributed by atoms with E-state index in [2.05, 4.69) is 93.5 Å². The number of ether oxygens (including phenoxy) is 3. The molecule has 0 spiro atoms. The Labute approximate surface area is 378 Å². The van der Waals surface area contributed by atoms with E-state index in [0.29, 0.717) is 11.8 Å². The van der Waals surface area contributed by atoms with Crippen molar-refractivity contribution in [2.45, 2.75) is 235 Å². The normalized spacial score (nSPS) is 16.2. The molecule has 0 saturated heterocycles. The van der Waals surface area contributed by atoms with Gasteiger partial charge in [0.15, 0.2) is 0 Å². The van der Waals surface area contributed by atoms with Crippen molar-refractivity contribution in [1.29, 1.82) is 0 Å². The minimum atomic E-state index is -0.441. The first-order valence-corrected chi connectivity index (χ1v) is 26.6. The largest absolute Gasteiger partial charge is 0.459 e. The number of hydrogen-bond acceptors (Lipinski definition) is 3. The van der Waals surface area contributed by atoms with Crippen molar-refractivity contribution < 1.29 is 23.2 Å². The molecule has 2 aliphatic rings. The monoisotopic (exact) mass is 847 g/mol. The lowest BCUT2D eigenvalue weighted by Gasteiger charge is -2.41. The van der Waals surface area contributed by atoms with Gasteiger partial charge in [-0.1, -0.05) is 132 Å². The quantitative estimate of drug-likeness (QED) is 0.0657. The van der Waals surface area contributed by atoms with E-state index in [4.69, 9.17) is 14.2 Å². The number of aryl methyl sites for hydroxylation is 2. The Hall–Kier alpha value is -2.08. The fraction of sp³-hybridized carbons (Fsp3) is 0.786. The van der Waals surface area contributed by atoms with Crippen LogP contribution in [0.4, 0.5) is 0 Å². The minimum Gasteiger partial charge on any atom is -0.459 e. The second kappa shape index (κ2) is 27.3. The summed E-state index contributed by atoms with van der Waals surface area (Å²) in [6, 6.07) is 9.73. The average molecular weight is 847 g/mol. The molecule has 348 valence electrons. The summed E-state index contributed by atoms with van der Waals surface area (Å²) < 4.78 is 23.2. The molecule has 0 fully saturated rings. The molecule has 2 unspecified atom stereocenters. The number of benzene rings is 2. The van der Waals surface area contributed by atoms with E-state index < -0.39 is 12.6 Å². The molecular formula is C56H98N2O3+2. The van der Waals surface area contributed by atoms with Crippen LogP contribution in [0.3, 0.4) is 0 Å². The van der Waals surface area contributed by atoms with Gasteiger partial charge in [0.2, 0.25) is 12.6 Å². The smallest absolute Gasteiger partial charge is 0.233 e. The molecule has 2 aliphatic heterocycles. The Bertz CT molecular complexity index is 1430. The summed E-state index contributed by atoms with van der Waals surface area (Å²) >= 11 is 0. The summed E-state index contributed by atoms with van der Waals surface area (Å²) in [6.45, 7) is 34.1. The summed E-state index contributed by atoms with van der Waals surface area (Å²) in [7, 11) is 0. The molecule has 0 aliphatic carbocycles. The van der Waals surface area contributed by atoms with E-state index in [1.165, 1.54) is 225 Å². The molecule has 2 aromatic carbocycles. The fourth-order valence-corrected chi connectivity index (χ4v) is 11.0. The van der Waals surface area contributed by atoms with Gasteiger partial charge in [-0.05, 0) is 137 Å². The van der Waals surface area contributed by atoms with Crippen LogP contribution in [0.15, 0.2) is 24.3 Å². The number of hydrogen-bond donors (Lipinski definition) is 0. The van der Waals surface area contributed by atoms with Crippen molar-refractivity contribution >= 4 is 0 Å². The van der Waals surface area contributed by atoms with Crippen LogP contribution >= 0.6 is 0 Å². The Morgan fingerprint density at radius 2 is 0.672 bits per heavy atom. The summed E-state index contributed by atoms with van der Waals surface area (Å²) in [4.78, 5) is 0. The van der Waals surface area contributed by atoms with Crippen LogP contribution in [-0.4, -0.2) is 61.3 Å². The zero-order valence-corrected chi connectivity index (χ0v) is 42.0. The first-order valence-electron chi connectivity index (χ1n) is 26.6.